The molecule has 24 heteroatoms. The summed E-state index contributed by atoms with van der Waals surface area (Å²) in [5.41, 5.74) is 28.8. The molecule has 9 amide bonds. The Morgan fingerprint density at radius 3 is 0.800 bits per heavy atom. The van der Waals surface area contributed by atoms with Gasteiger partial charge in [0.1, 0.15) is 42.3 Å². The normalized spacial score (nSPS) is 13.4. The second-order valence-electron chi connectivity index (χ2n) is 29.7. The van der Waals surface area contributed by atoms with E-state index in [1.165, 1.54) is 185 Å². The van der Waals surface area contributed by atoms with Crippen LogP contribution in [0.4, 0.5) is 0 Å². The summed E-state index contributed by atoms with van der Waals surface area (Å²) in [6, 6.07) is -8.45. The summed E-state index contributed by atoms with van der Waals surface area (Å²) >= 11 is 1.20. The monoisotopic (exact) mass is 1510 g/mol. The van der Waals surface area contributed by atoms with Crippen LogP contribution >= 0.6 is 11.8 Å². The molecule has 105 heavy (non-hydrogen) atoms. The number of primary amides is 1. The molecular weight excluding hydrogens is 1350 g/mol. The lowest BCUT2D eigenvalue weighted by molar-refractivity contribution is -0.136. The molecule has 0 rings (SSSR count). The highest BCUT2D eigenvalue weighted by atomic mass is 32.2. The molecule has 0 fully saturated rings. The fourth-order valence-corrected chi connectivity index (χ4v) is 14.2. The van der Waals surface area contributed by atoms with E-state index in [2.05, 4.69) is 63.3 Å². The molecule has 0 unspecified atom stereocenters. The molecule has 614 valence electrons. The standard InChI is InChI=1S/C81H159N13O10S/c1-4-7-10-13-16-19-22-25-28-31-34-37-40-51-62-87-76(99)71(88-73(96)56-41-38-35-32-29-26-23-20-17-14-11-8-5-2)64-105-65-72(89-74(97)57-42-39-36-33-30-27-24-21-18-15-12-9-6-3)81(104)94-70(63-95)80(103)93-69(55-46-50-61-85)79(102)92-68(54-45-49-60-84)78(101)91-67(53-44-48-59-83)77(100)90-66(75(86)98)52-43-47-58-82/h66-72,95H,4-65,82-85H2,1-3H3,(H2,86,98)(H,87,99)(H,88,96)(H,89,97)(H,90,100)(H,91,101)(H,92,102)(H,93,103)(H,94,104)/t66-,67-,68-,69-,70-,71-,72-/m0/s1. The number of amides is 9. The molecule has 0 spiro atoms. The Morgan fingerprint density at radius 2 is 0.514 bits per heavy atom. The highest BCUT2D eigenvalue weighted by Crippen LogP contribution is 2.19. The second-order valence-corrected chi connectivity index (χ2v) is 30.8. The third-order valence-corrected chi connectivity index (χ3v) is 21.0. The lowest BCUT2D eigenvalue weighted by Gasteiger charge is -2.27. The van der Waals surface area contributed by atoms with E-state index >= 15 is 0 Å². The molecule has 0 saturated carbocycles. The number of thioether (sulfide) groups is 1. The highest BCUT2D eigenvalue weighted by Gasteiger charge is 2.34. The minimum Gasteiger partial charge on any atom is -0.394 e. The Morgan fingerprint density at radius 1 is 0.276 bits per heavy atom. The number of aliphatic hydroxyl groups excluding tert-OH is 1. The molecule has 0 aromatic rings. The first-order chi connectivity index (χ1) is 51.1. The summed E-state index contributed by atoms with van der Waals surface area (Å²) in [7, 11) is 0. The average molecular weight is 1510 g/mol. The van der Waals surface area contributed by atoms with Gasteiger partial charge in [0.2, 0.25) is 53.2 Å². The van der Waals surface area contributed by atoms with Crippen molar-refractivity contribution >= 4 is 64.9 Å². The average Bonchev–Trinajstić information content (AvgIpc) is 0.861. The van der Waals surface area contributed by atoms with Gasteiger partial charge < -0.3 is 76.3 Å². The van der Waals surface area contributed by atoms with Crippen molar-refractivity contribution in [1.29, 1.82) is 0 Å². The lowest BCUT2D eigenvalue weighted by Crippen LogP contribution is -2.60. The van der Waals surface area contributed by atoms with Crippen molar-refractivity contribution in [3.8, 4) is 0 Å². The molecule has 0 heterocycles. The molecule has 0 aliphatic carbocycles. The maximum atomic E-state index is 14.6. The zero-order valence-electron chi connectivity index (χ0n) is 66.8. The SMILES string of the molecule is CCCCCCCCCCCCCCCCNC(=O)[C@H](CSC[C@H](NC(=O)CCCCCCCCCCCCCCC)C(=O)N[C@@H](CO)C(=O)N[C@@H](CCCCN)C(=O)N[C@@H](CCCCN)C(=O)N[C@@H](CCCCN)C(=O)N[C@@H](CCCCN)C(N)=O)NC(=O)CCCCCCCCCCCCCCC. The van der Waals surface area contributed by atoms with Gasteiger partial charge in [-0.25, -0.2) is 0 Å². The van der Waals surface area contributed by atoms with Gasteiger partial charge in [0.05, 0.1) is 6.61 Å². The van der Waals surface area contributed by atoms with Crippen LogP contribution in [0.15, 0.2) is 0 Å². The number of rotatable bonds is 78. The summed E-state index contributed by atoms with van der Waals surface area (Å²) < 4.78 is 0. The van der Waals surface area contributed by atoms with Crippen molar-refractivity contribution in [2.45, 2.75) is 410 Å². The maximum Gasteiger partial charge on any atom is 0.245 e. The fourth-order valence-electron chi connectivity index (χ4n) is 13.1. The zero-order chi connectivity index (χ0) is 77.4. The molecule has 7 atom stereocenters. The van der Waals surface area contributed by atoms with Crippen LogP contribution in [0.1, 0.15) is 367 Å². The van der Waals surface area contributed by atoms with Crippen molar-refractivity contribution in [3.05, 3.63) is 0 Å². The quantitative estimate of drug-likeness (QED) is 0.0252. The zero-order valence-corrected chi connectivity index (χ0v) is 67.6. The first-order valence-corrected chi connectivity index (χ1v) is 43.9. The Balaban J connectivity index is 6.64. The smallest absolute Gasteiger partial charge is 0.245 e. The number of nitrogens with one attached hydrogen (secondary N) is 8. The topological polar surface area (TPSA) is 400 Å². The Bertz CT molecular complexity index is 2170. The molecule has 0 aliphatic heterocycles. The van der Waals surface area contributed by atoms with Crippen LogP contribution in [0.5, 0.6) is 0 Å². The van der Waals surface area contributed by atoms with Gasteiger partial charge in [-0.2, -0.15) is 11.8 Å². The number of nitrogens with two attached hydrogens (primary N) is 5. The first kappa shape index (κ1) is 100. The number of hydrogen-bond donors (Lipinski definition) is 14. The molecule has 23 nitrogen and oxygen atoms in total. The van der Waals surface area contributed by atoms with Gasteiger partial charge in [-0.15, -0.1) is 0 Å². The third kappa shape index (κ3) is 59.0. The van der Waals surface area contributed by atoms with Gasteiger partial charge in [0.25, 0.3) is 0 Å². The van der Waals surface area contributed by atoms with Gasteiger partial charge in [0.15, 0.2) is 0 Å². The van der Waals surface area contributed by atoms with Crippen molar-refractivity contribution in [3.63, 3.8) is 0 Å². The Kier molecular flexibility index (Phi) is 70.3. The number of aliphatic hydroxyl groups is 1. The summed E-state index contributed by atoms with van der Waals surface area (Å²) in [4.78, 5) is 125. The van der Waals surface area contributed by atoms with E-state index < -0.39 is 84.3 Å². The summed E-state index contributed by atoms with van der Waals surface area (Å²) in [6.45, 7) is 7.58. The predicted molar refractivity (Wildman–Crippen MR) is 433 cm³/mol. The number of carbonyl (C=O) groups is 9. The van der Waals surface area contributed by atoms with Crippen LogP contribution in [0.3, 0.4) is 0 Å². The van der Waals surface area contributed by atoms with Gasteiger partial charge in [-0.3, -0.25) is 43.2 Å². The minimum atomic E-state index is -1.61. The third-order valence-electron chi connectivity index (χ3n) is 19.9. The van der Waals surface area contributed by atoms with Crippen LogP contribution in [0, 0.1) is 0 Å². The maximum absolute atomic E-state index is 14.6. The van der Waals surface area contributed by atoms with Gasteiger partial charge >= 0.3 is 0 Å². The van der Waals surface area contributed by atoms with E-state index in [-0.39, 0.29) is 74.3 Å². The Hall–Kier alpha value is -4.62. The summed E-state index contributed by atoms with van der Waals surface area (Å²) in [5, 5.41) is 33.3. The van der Waals surface area contributed by atoms with E-state index in [4.69, 9.17) is 28.7 Å². The fraction of sp³-hybridized carbons (Fsp3) is 0.889. The summed E-state index contributed by atoms with van der Waals surface area (Å²) in [6.07, 6.45) is 51.8. The van der Waals surface area contributed by atoms with Crippen LogP contribution in [0.25, 0.3) is 0 Å². The number of hydrogen-bond acceptors (Lipinski definition) is 15. The molecular formula is C81H159N13O10S. The van der Waals surface area contributed by atoms with Crippen LogP contribution < -0.4 is 71.2 Å². The van der Waals surface area contributed by atoms with Crippen LogP contribution in [0.2, 0.25) is 0 Å². The predicted octanol–water partition coefficient (Wildman–Crippen LogP) is 11.7. The molecule has 19 N–H and O–H groups in total. The molecule has 0 aliphatic rings. The van der Waals surface area contributed by atoms with Crippen molar-refractivity contribution < 1.29 is 48.3 Å². The van der Waals surface area contributed by atoms with Crippen molar-refractivity contribution in [1.82, 2.24) is 42.5 Å². The lowest BCUT2D eigenvalue weighted by atomic mass is 10.0. The molecule has 0 aromatic heterocycles. The first-order valence-electron chi connectivity index (χ1n) is 42.7. The number of carbonyl (C=O) groups excluding carboxylic acids is 9. The molecule has 0 aromatic carbocycles. The van der Waals surface area contributed by atoms with Crippen molar-refractivity contribution in [2.75, 3.05) is 50.8 Å². The van der Waals surface area contributed by atoms with Crippen LogP contribution in [-0.2, 0) is 43.2 Å². The molecule has 0 bridgehead atoms. The van der Waals surface area contributed by atoms with E-state index in [1.54, 1.807) is 0 Å². The van der Waals surface area contributed by atoms with E-state index in [9.17, 15) is 48.3 Å². The summed E-state index contributed by atoms with van der Waals surface area (Å²) in [5.74, 6) is -5.45. The van der Waals surface area contributed by atoms with E-state index in [1.807, 2.05) is 0 Å². The second kappa shape index (κ2) is 73.5. The van der Waals surface area contributed by atoms with Gasteiger partial charge in [0, 0.05) is 30.9 Å². The van der Waals surface area contributed by atoms with E-state index in [0.29, 0.717) is 90.4 Å². The molecule has 0 saturated heterocycles. The Labute approximate surface area is 641 Å². The largest absolute Gasteiger partial charge is 0.394 e. The van der Waals surface area contributed by atoms with Gasteiger partial charge in [-0.1, -0.05) is 258 Å². The number of unbranched alkanes of at least 4 members (excludes halogenated alkanes) is 41. The van der Waals surface area contributed by atoms with Crippen LogP contribution in [-0.4, -0.2) is 151 Å². The van der Waals surface area contributed by atoms with E-state index in [0.717, 1.165) is 70.6 Å². The minimum absolute atomic E-state index is 0.0544. The molecule has 0 radical (unpaired) electrons. The van der Waals surface area contributed by atoms with Gasteiger partial charge in [-0.05, 0) is 122 Å². The van der Waals surface area contributed by atoms with Crippen molar-refractivity contribution in [2.24, 2.45) is 28.7 Å². The highest BCUT2D eigenvalue weighted by molar-refractivity contribution is 7.99.